The van der Waals surface area contributed by atoms with Gasteiger partial charge in [-0.3, -0.25) is 0 Å². The molecule has 91 valence electrons. The Morgan fingerprint density at radius 2 is 2.33 bits per heavy atom. The number of imidazole rings is 1. The van der Waals surface area contributed by atoms with Crippen LogP contribution in [0.25, 0.3) is 5.65 Å². The number of hydrogen-bond acceptors (Lipinski definition) is 2. The van der Waals surface area contributed by atoms with Crippen LogP contribution in [0, 0.1) is 0 Å². The quantitative estimate of drug-likeness (QED) is 0.670. The molecule has 0 saturated carbocycles. The second-order valence-corrected chi connectivity index (χ2v) is 7.86. The van der Waals surface area contributed by atoms with E-state index in [9.17, 15) is 4.79 Å². The van der Waals surface area contributed by atoms with Crippen LogP contribution in [-0.2, 0) is 11.3 Å². The number of fused-ring (bicyclic) bond motifs is 1. The van der Waals surface area contributed by atoms with E-state index in [1.54, 1.807) is 0 Å². The summed E-state index contributed by atoms with van der Waals surface area (Å²) in [6.07, 6.45) is 5.67. The molecule has 18 heavy (non-hydrogen) atoms. The fourth-order valence-electron chi connectivity index (χ4n) is 2.37. The van der Waals surface area contributed by atoms with Crippen molar-refractivity contribution in [3.8, 4) is 0 Å². The molecule has 1 aliphatic heterocycles. The Balaban J connectivity index is 1.85. The van der Waals surface area contributed by atoms with Crippen LogP contribution < -0.4 is 0 Å². The predicted molar refractivity (Wildman–Crippen MR) is 69.3 cm³/mol. The standard InChI is InChI=1S/C13H14N3O.Pb/c17-13-6-2-3-7-15(13)10-11-9-14-12-5-1-4-8-16(11)12;/h1,3-5,8-9H,2,6-7,10H2;. The van der Waals surface area contributed by atoms with Crippen molar-refractivity contribution in [2.45, 2.75) is 22.9 Å². The Morgan fingerprint density at radius 1 is 1.44 bits per heavy atom. The van der Waals surface area contributed by atoms with Crippen LogP contribution in [0.5, 0.6) is 0 Å². The number of amides is 1. The fourth-order valence-corrected chi connectivity index (χ4v) is 3.78. The van der Waals surface area contributed by atoms with Crippen molar-refractivity contribution in [2.75, 3.05) is 6.54 Å². The third-order valence-corrected chi connectivity index (χ3v) is 5.18. The van der Waals surface area contributed by atoms with Crippen LogP contribution in [-0.4, -0.2) is 52.5 Å². The average Bonchev–Trinajstić information content (AvgIpc) is 2.78. The summed E-state index contributed by atoms with van der Waals surface area (Å²) in [5.74, 6) is 0.285. The third kappa shape index (κ3) is 2.30. The van der Waals surface area contributed by atoms with E-state index in [1.807, 2.05) is 35.5 Å². The Kier molecular flexibility index (Phi) is 3.36. The molecule has 0 N–H and O–H groups in total. The number of pyridine rings is 1. The van der Waals surface area contributed by atoms with Gasteiger partial charge in [-0.15, -0.1) is 0 Å². The van der Waals surface area contributed by atoms with Crippen molar-refractivity contribution in [2.24, 2.45) is 0 Å². The van der Waals surface area contributed by atoms with Gasteiger partial charge < -0.3 is 0 Å². The van der Waals surface area contributed by atoms with Crippen LogP contribution >= 0.6 is 0 Å². The molecule has 2 aromatic rings. The summed E-state index contributed by atoms with van der Waals surface area (Å²) in [4.78, 5) is 18.3. The normalized spacial score (nSPS) is 20.6. The molecule has 1 amide bonds. The van der Waals surface area contributed by atoms with Crippen LogP contribution in [0.15, 0.2) is 30.6 Å². The molecule has 0 aliphatic carbocycles. The number of carbonyl (C=O) groups is 1. The van der Waals surface area contributed by atoms with Gasteiger partial charge in [0.2, 0.25) is 0 Å². The van der Waals surface area contributed by atoms with Crippen molar-refractivity contribution < 1.29 is 4.79 Å². The van der Waals surface area contributed by atoms with Crippen LogP contribution in [0.1, 0.15) is 18.5 Å². The molecule has 0 spiro atoms. The zero-order chi connectivity index (χ0) is 12.5. The van der Waals surface area contributed by atoms with E-state index in [-0.39, 0.29) is 5.91 Å². The zero-order valence-electron chi connectivity index (χ0n) is 10.0. The van der Waals surface area contributed by atoms with E-state index < -0.39 is 0 Å². The topological polar surface area (TPSA) is 37.6 Å². The van der Waals surface area contributed by atoms with E-state index in [0.29, 0.717) is 13.0 Å². The first kappa shape index (κ1) is 12.1. The van der Waals surface area contributed by atoms with Gasteiger partial charge in [0.25, 0.3) is 0 Å². The molecule has 1 unspecified atom stereocenters. The van der Waals surface area contributed by atoms with Crippen molar-refractivity contribution in [1.29, 1.82) is 0 Å². The zero-order valence-corrected chi connectivity index (χ0v) is 13.9. The van der Waals surface area contributed by atoms with Crippen molar-refractivity contribution >= 4 is 37.3 Å². The second-order valence-electron chi connectivity index (χ2n) is 4.69. The molecule has 1 atom stereocenters. The van der Waals surface area contributed by atoms with Gasteiger partial charge in [-0.2, -0.15) is 0 Å². The van der Waals surface area contributed by atoms with E-state index in [2.05, 4.69) is 9.38 Å². The minimum absolute atomic E-state index is 0.285. The van der Waals surface area contributed by atoms with Gasteiger partial charge in [0.1, 0.15) is 0 Å². The van der Waals surface area contributed by atoms with Crippen molar-refractivity contribution in [3.05, 3.63) is 36.3 Å². The molecular weight excluding hydrogens is 421 g/mol. The number of carbonyl (C=O) groups excluding carboxylic acids is 1. The fraction of sp³-hybridized carbons (Fsp3) is 0.385. The van der Waals surface area contributed by atoms with Crippen LogP contribution in [0.3, 0.4) is 0 Å². The molecule has 1 fully saturated rings. The summed E-state index contributed by atoms with van der Waals surface area (Å²) in [5, 5.41) is 0. The van der Waals surface area contributed by atoms with Gasteiger partial charge in [0, 0.05) is 0 Å². The first-order valence-corrected chi connectivity index (χ1v) is 8.38. The van der Waals surface area contributed by atoms with Crippen molar-refractivity contribution in [1.82, 2.24) is 14.3 Å². The number of aromatic nitrogens is 2. The molecule has 2 aromatic heterocycles. The molecular formula is C13H14N3OPb. The van der Waals surface area contributed by atoms with Gasteiger partial charge in [-0.05, 0) is 0 Å². The third-order valence-electron chi connectivity index (χ3n) is 3.35. The number of rotatable bonds is 2. The van der Waals surface area contributed by atoms with Gasteiger partial charge in [-0.1, -0.05) is 0 Å². The van der Waals surface area contributed by atoms with E-state index >= 15 is 0 Å². The summed E-state index contributed by atoms with van der Waals surface area (Å²) >= 11 is 1.17. The number of piperidine rings is 1. The monoisotopic (exact) mass is 436 g/mol. The molecule has 3 rings (SSSR count). The molecule has 5 heteroatoms. The molecule has 0 bridgehead atoms. The Labute approximate surface area is 122 Å². The van der Waals surface area contributed by atoms with Crippen LogP contribution in [0.4, 0.5) is 0 Å². The maximum absolute atomic E-state index is 11.9. The van der Waals surface area contributed by atoms with Gasteiger partial charge in [0.05, 0.1) is 0 Å². The van der Waals surface area contributed by atoms with E-state index in [4.69, 9.17) is 0 Å². The Bertz CT molecular complexity index is 580. The first-order chi connectivity index (χ1) is 8.74. The average molecular weight is 435 g/mol. The predicted octanol–water partition coefficient (Wildman–Crippen LogP) is 1.41. The molecule has 0 aromatic carbocycles. The van der Waals surface area contributed by atoms with Gasteiger partial charge in [-0.25, -0.2) is 0 Å². The van der Waals surface area contributed by atoms with E-state index in [1.165, 1.54) is 25.8 Å². The minimum atomic E-state index is 0.285. The number of likely N-dealkylation sites (tertiary alicyclic amines) is 1. The Hall–Kier alpha value is -0.918. The van der Waals surface area contributed by atoms with Gasteiger partial charge >= 0.3 is 122 Å². The SMILES string of the molecule is O=C1CC[CH]([Pb])CN1Cc1cnc2ccccn12. The Morgan fingerprint density at radius 3 is 3.22 bits per heavy atom. The molecule has 3 heterocycles. The summed E-state index contributed by atoms with van der Waals surface area (Å²) < 4.78 is 2.80. The summed E-state index contributed by atoms with van der Waals surface area (Å²) in [5.41, 5.74) is 2.04. The maximum atomic E-state index is 11.9. The summed E-state index contributed by atoms with van der Waals surface area (Å²) in [6, 6.07) is 5.95. The summed E-state index contributed by atoms with van der Waals surface area (Å²) in [7, 11) is 0. The second kappa shape index (κ2) is 4.99. The summed E-state index contributed by atoms with van der Waals surface area (Å²) in [6.45, 7) is 1.61. The van der Waals surface area contributed by atoms with Crippen molar-refractivity contribution in [3.63, 3.8) is 0 Å². The van der Waals surface area contributed by atoms with Crippen LogP contribution in [0.2, 0.25) is 3.48 Å². The number of nitrogens with zero attached hydrogens (tertiary/aromatic N) is 3. The molecule has 1 saturated heterocycles. The molecule has 1 aliphatic rings. The number of hydrogen-bond donors (Lipinski definition) is 0. The van der Waals surface area contributed by atoms with Gasteiger partial charge in [0.15, 0.2) is 0 Å². The molecule has 4 nitrogen and oxygen atoms in total. The van der Waals surface area contributed by atoms with E-state index in [0.717, 1.165) is 27.8 Å². The molecule has 3 radical (unpaired) electrons. The first-order valence-electron chi connectivity index (χ1n) is 6.14.